The van der Waals surface area contributed by atoms with Crippen molar-refractivity contribution in [3.05, 3.63) is 83.9 Å². The van der Waals surface area contributed by atoms with Crippen molar-refractivity contribution < 1.29 is 17.9 Å². The van der Waals surface area contributed by atoms with Crippen molar-refractivity contribution >= 4 is 15.7 Å². The minimum Gasteiger partial charge on any atom is -0.497 e. The predicted octanol–water partition coefficient (Wildman–Crippen LogP) is 4.97. The highest BCUT2D eigenvalue weighted by atomic mass is 32.2. The monoisotopic (exact) mass is 411 g/mol. The van der Waals surface area contributed by atoms with Crippen molar-refractivity contribution in [2.24, 2.45) is 0 Å². The SMILES string of the molecule is COc1ccc(N(C(C)c2ccccc2C)S(=O)(=O)c2ccc(OC)cc2)cc1. The van der Waals surface area contributed by atoms with Gasteiger partial charge in [-0.1, -0.05) is 24.3 Å². The molecule has 0 N–H and O–H groups in total. The second-order valence-electron chi connectivity index (χ2n) is 6.71. The molecule has 3 aromatic rings. The van der Waals surface area contributed by atoms with Gasteiger partial charge < -0.3 is 9.47 Å². The Bertz CT molecular complexity index is 1060. The molecule has 6 heteroatoms. The van der Waals surface area contributed by atoms with Crippen molar-refractivity contribution in [1.29, 1.82) is 0 Å². The van der Waals surface area contributed by atoms with Crippen molar-refractivity contribution in [2.45, 2.75) is 24.8 Å². The molecule has 0 aliphatic carbocycles. The first-order chi connectivity index (χ1) is 13.9. The van der Waals surface area contributed by atoms with Crippen LogP contribution in [0.3, 0.4) is 0 Å². The Morgan fingerprint density at radius 2 is 1.31 bits per heavy atom. The zero-order valence-corrected chi connectivity index (χ0v) is 17.8. The van der Waals surface area contributed by atoms with E-state index >= 15 is 0 Å². The smallest absolute Gasteiger partial charge is 0.264 e. The van der Waals surface area contributed by atoms with E-state index in [0.29, 0.717) is 17.2 Å². The Morgan fingerprint density at radius 3 is 1.83 bits per heavy atom. The first-order valence-corrected chi connectivity index (χ1v) is 10.7. The number of hydrogen-bond donors (Lipinski definition) is 0. The molecule has 0 aromatic heterocycles. The standard InChI is InChI=1S/C23H25NO4S/c1-17-7-5-6-8-23(17)18(2)24(19-9-11-20(27-3)12-10-19)29(25,26)22-15-13-21(28-4)14-16-22/h5-16,18H,1-4H3. The zero-order chi connectivity index (χ0) is 21.0. The maximum Gasteiger partial charge on any atom is 0.264 e. The van der Waals surface area contributed by atoms with Crippen LogP contribution < -0.4 is 13.8 Å². The van der Waals surface area contributed by atoms with E-state index in [-0.39, 0.29) is 4.90 Å². The van der Waals surface area contributed by atoms with E-state index in [0.717, 1.165) is 11.1 Å². The number of nitrogens with zero attached hydrogens (tertiary/aromatic N) is 1. The molecular formula is C23H25NO4S. The fourth-order valence-corrected chi connectivity index (χ4v) is 4.98. The van der Waals surface area contributed by atoms with E-state index in [1.165, 1.54) is 4.31 Å². The third kappa shape index (κ3) is 4.22. The van der Waals surface area contributed by atoms with Crippen LogP contribution in [0, 0.1) is 6.92 Å². The summed E-state index contributed by atoms with van der Waals surface area (Å²) in [5.41, 5.74) is 2.54. The topological polar surface area (TPSA) is 55.8 Å². The lowest BCUT2D eigenvalue weighted by atomic mass is 10.0. The van der Waals surface area contributed by atoms with Crippen LogP contribution in [0.4, 0.5) is 5.69 Å². The van der Waals surface area contributed by atoms with E-state index in [1.54, 1.807) is 62.8 Å². The summed E-state index contributed by atoms with van der Waals surface area (Å²) in [6, 6.07) is 20.9. The van der Waals surface area contributed by atoms with Crippen LogP contribution in [-0.2, 0) is 10.0 Å². The largest absolute Gasteiger partial charge is 0.497 e. The minimum absolute atomic E-state index is 0.203. The summed E-state index contributed by atoms with van der Waals surface area (Å²) in [5.74, 6) is 1.27. The molecule has 0 saturated carbocycles. The molecular weight excluding hydrogens is 386 g/mol. The lowest BCUT2D eigenvalue weighted by Crippen LogP contribution is -2.34. The van der Waals surface area contributed by atoms with E-state index < -0.39 is 16.1 Å². The second-order valence-corrected chi connectivity index (χ2v) is 8.52. The molecule has 0 fully saturated rings. The van der Waals surface area contributed by atoms with Gasteiger partial charge in [-0.25, -0.2) is 8.42 Å². The van der Waals surface area contributed by atoms with Crippen LogP contribution >= 0.6 is 0 Å². The lowest BCUT2D eigenvalue weighted by molar-refractivity contribution is 0.414. The summed E-state index contributed by atoms with van der Waals surface area (Å²) in [6.45, 7) is 3.88. The lowest BCUT2D eigenvalue weighted by Gasteiger charge is -2.32. The molecule has 1 atom stereocenters. The molecule has 1 unspecified atom stereocenters. The van der Waals surface area contributed by atoms with Gasteiger partial charge in [-0.3, -0.25) is 4.31 Å². The Balaban J connectivity index is 2.14. The van der Waals surface area contributed by atoms with Crippen molar-refractivity contribution in [3.8, 4) is 11.5 Å². The predicted molar refractivity (Wildman–Crippen MR) is 115 cm³/mol. The highest BCUT2D eigenvalue weighted by Gasteiger charge is 2.31. The maximum atomic E-state index is 13.7. The molecule has 3 rings (SSSR count). The average Bonchev–Trinajstić information content (AvgIpc) is 2.74. The number of anilines is 1. The van der Waals surface area contributed by atoms with Gasteiger partial charge in [-0.2, -0.15) is 0 Å². The minimum atomic E-state index is -3.83. The van der Waals surface area contributed by atoms with Crippen molar-refractivity contribution in [2.75, 3.05) is 18.5 Å². The first kappa shape index (κ1) is 20.7. The maximum absolute atomic E-state index is 13.7. The van der Waals surface area contributed by atoms with Crippen LogP contribution in [0.1, 0.15) is 24.1 Å². The fraction of sp³-hybridized carbons (Fsp3) is 0.217. The Morgan fingerprint density at radius 1 is 0.793 bits per heavy atom. The van der Waals surface area contributed by atoms with Gasteiger partial charge in [0, 0.05) is 0 Å². The summed E-state index contributed by atoms with van der Waals surface area (Å²) in [6.07, 6.45) is 0. The highest BCUT2D eigenvalue weighted by molar-refractivity contribution is 7.92. The van der Waals surface area contributed by atoms with Gasteiger partial charge in [0.1, 0.15) is 11.5 Å². The van der Waals surface area contributed by atoms with Gasteiger partial charge in [-0.05, 0) is 73.5 Å². The van der Waals surface area contributed by atoms with E-state index in [1.807, 2.05) is 38.1 Å². The third-order valence-electron chi connectivity index (χ3n) is 4.93. The highest BCUT2D eigenvalue weighted by Crippen LogP contribution is 2.35. The summed E-state index contributed by atoms with van der Waals surface area (Å²) in [4.78, 5) is 0.203. The van der Waals surface area contributed by atoms with Gasteiger partial charge in [-0.15, -0.1) is 0 Å². The average molecular weight is 412 g/mol. The van der Waals surface area contributed by atoms with Crippen LogP contribution in [-0.4, -0.2) is 22.6 Å². The van der Waals surface area contributed by atoms with Crippen LogP contribution in [0.5, 0.6) is 11.5 Å². The summed E-state index contributed by atoms with van der Waals surface area (Å²) in [7, 11) is -0.697. The molecule has 152 valence electrons. The molecule has 0 saturated heterocycles. The third-order valence-corrected chi connectivity index (χ3v) is 6.85. The number of methoxy groups -OCH3 is 2. The zero-order valence-electron chi connectivity index (χ0n) is 17.0. The van der Waals surface area contributed by atoms with Gasteiger partial charge in [0.05, 0.1) is 30.8 Å². The molecule has 5 nitrogen and oxygen atoms in total. The Hall–Kier alpha value is -2.99. The van der Waals surface area contributed by atoms with Crippen molar-refractivity contribution in [1.82, 2.24) is 0 Å². The summed E-state index contributed by atoms with van der Waals surface area (Å²) < 4.78 is 39.2. The van der Waals surface area contributed by atoms with Crippen molar-refractivity contribution in [3.63, 3.8) is 0 Å². The number of ether oxygens (including phenoxy) is 2. The Labute approximate surface area is 172 Å². The second kappa shape index (κ2) is 8.57. The first-order valence-electron chi connectivity index (χ1n) is 9.26. The normalized spacial score (nSPS) is 12.3. The molecule has 0 amide bonds. The number of hydrogen-bond acceptors (Lipinski definition) is 4. The molecule has 0 heterocycles. The molecule has 3 aromatic carbocycles. The van der Waals surface area contributed by atoms with Gasteiger partial charge in [0.25, 0.3) is 10.0 Å². The number of sulfonamides is 1. The number of rotatable bonds is 7. The van der Waals surface area contributed by atoms with Gasteiger partial charge in [0.2, 0.25) is 0 Å². The number of aryl methyl sites for hydroxylation is 1. The van der Waals surface area contributed by atoms with Gasteiger partial charge >= 0.3 is 0 Å². The number of benzene rings is 3. The van der Waals surface area contributed by atoms with Gasteiger partial charge in [0.15, 0.2) is 0 Å². The van der Waals surface area contributed by atoms with Crippen LogP contribution in [0.15, 0.2) is 77.7 Å². The van der Waals surface area contributed by atoms with E-state index in [4.69, 9.17) is 9.47 Å². The van der Waals surface area contributed by atoms with E-state index in [9.17, 15) is 8.42 Å². The van der Waals surface area contributed by atoms with Crippen LogP contribution in [0.25, 0.3) is 0 Å². The molecule has 29 heavy (non-hydrogen) atoms. The molecule has 0 spiro atoms. The molecule has 0 radical (unpaired) electrons. The van der Waals surface area contributed by atoms with E-state index in [2.05, 4.69) is 0 Å². The fourth-order valence-electron chi connectivity index (χ4n) is 3.34. The quantitative estimate of drug-likeness (QED) is 0.551. The molecule has 0 aliphatic rings. The summed E-state index contributed by atoms with van der Waals surface area (Å²) >= 11 is 0. The molecule has 0 bridgehead atoms. The summed E-state index contributed by atoms with van der Waals surface area (Å²) in [5, 5.41) is 0. The van der Waals surface area contributed by atoms with Crippen LogP contribution in [0.2, 0.25) is 0 Å². The Kier molecular flexibility index (Phi) is 6.13. The molecule has 0 aliphatic heterocycles.